The summed E-state index contributed by atoms with van der Waals surface area (Å²) in [5, 5.41) is 3.02. The second kappa shape index (κ2) is 8.64. The summed E-state index contributed by atoms with van der Waals surface area (Å²) in [6.45, 7) is 10.0. The van der Waals surface area contributed by atoms with Gasteiger partial charge in [-0.15, -0.1) is 0 Å². The minimum atomic E-state index is -1.14. The van der Waals surface area contributed by atoms with Crippen LogP contribution in [0, 0.1) is 12.3 Å². The number of carbonyl (C=O) groups excluding carboxylic acids is 2. The third-order valence-corrected chi connectivity index (χ3v) is 5.62. The first-order valence-corrected chi connectivity index (χ1v) is 10.2. The van der Waals surface area contributed by atoms with Crippen molar-refractivity contribution in [3.05, 3.63) is 53.7 Å². The zero-order valence-electron chi connectivity index (χ0n) is 17.7. The lowest BCUT2D eigenvalue weighted by Gasteiger charge is -2.38. The number of pyridine rings is 1. The van der Waals surface area contributed by atoms with Crippen molar-refractivity contribution in [1.29, 1.82) is 0 Å². The highest BCUT2D eigenvalue weighted by Gasteiger charge is 2.40. The van der Waals surface area contributed by atoms with Crippen LogP contribution in [0.2, 0.25) is 0 Å². The number of anilines is 2. The van der Waals surface area contributed by atoms with Crippen LogP contribution in [0.15, 0.2) is 42.6 Å². The maximum Gasteiger partial charge on any atom is 0.239 e. The molecule has 154 valence electrons. The van der Waals surface area contributed by atoms with Crippen LogP contribution in [0.25, 0.3) is 0 Å². The molecule has 2 heterocycles. The molecule has 0 radical (unpaired) electrons. The Kier molecular flexibility index (Phi) is 6.20. The summed E-state index contributed by atoms with van der Waals surface area (Å²) < 4.78 is 0. The number of aromatic nitrogens is 1. The Bertz CT molecular complexity index is 872. The molecule has 2 amide bonds. The van der Waals surface area contributed by atoms with Gasteiger partial charge in [-0.05, 0) is 50.5 Å². The smallest absolute Gasteiger partial charge is 0.239 e. The summed E-state index contributed by atoms with van der Waals surface area (Å²) in [4.78, 5) is 34.5. The van der Waals surface area contributed by atoms with E-state index >= 15 is 0 Å². The number of hydrogen-bond acceptors (Lipinski definition) is 4. The molecule has 2 aromatic rings. The summed E-state index contributed by atoms with van der Waals surface area (Å²) >= 11 is 0. The molecule has 1 fully saturated rings. The Balaban J connectivity index is 1.66. The number of piperazine rings is 1. The second-order valence-corrected chi connectivity index (χ2v) is 8.01. The second-order valence-electron chi connectivity index (χ2n) is 8.01. The molecular weight excluding hydrogens is 364 g/mol. The highest BCUT2D eigenvalue weighted by molar-refractivity contribution is 6.10. The molecule has 6 heteroatoms. The van der Waals surface area contributed by atoms with Crippen LogP contribution in [-0.4, -0.2) is 47.9 Å². The first kappa shape index (κ1) is 20.8. The van der Waals surface area contributed by atoms with Crippen LogP contribution in [-0.2, 0) is 16.0 Å². The third-order valence-electron chi connectivity index (χ3n) is 5.62. The van der Waals surface area contributed by atoms with Crippen LogP contribution in [0.1, 0.15) is 31.9 Å². The summed E-state index contributed by atoms with van der Waals surface area (Å²) in [5.74, 6) is 0.518. The van der Waals surface area contributed by atoms with Gasteiger partial charge in [-0.25, -0.2) is 4.98 Å². The lowest BCUT2D eigenvalue weighted by atomic mass is 9.89. The van der Waals surface area contributed by atoms with E-state index in [0.29, 0.717) is 26.2 Å². The molecule has 1 aliphatic heterocycles. The zero-order chi connectivity index (χ0) is 21.0. The number of aryl methyl sites for hydroxylation is 2. The van der Waals surface area contributed by atoms with Gasteiger partial charge in [-0.3, -0.25) is 9.59 Å². The lowest BCUT2D eigenvalue weighted by molar-refractivity contribution is -0.146. The van der Waals surface area contributed by atoms with Crippen LogP contribution < -0.4 is 10.2 Å². The maximum absolute atomic E-state index is 13.2. The van der Waals surface area contributed by atoms with Gasteiger partial charge in [0.05, 0.1) is 0 Å². The van der Waals surface area contributed by atoms with Gasteiger partial charge in [0.15, 0.2) is 0 Å². The van der Waals surface area contributed by atoms with Crippen LogP contribution in [0.5, 0.6) is 0 Å². The monoisotopic (exact) mass is 394 g/mol. The highest BCUT2D eigenvalue weighted by atomic mass is 16.2. The van der Waals surface area contributed by atoms with Gasteiger partial charge in [0.1, 0.15) is 11.2 Å². The van der Waals surface area contributed by atoms with Gasteiger partial charge in [0, 0.05) is 38.1 Å². The molecule has 0 unspecified atom stereocenters. The summed E-state index contributed by atoms with van der Waals surface area (Å²) in [7, 11) is 0. The van der Waals surface area contributed by atoms with E-state index in [0.717, 1.165) is 29.1 Å². The van der Waals surface area contributed by atoms with Crippen LogP contribution in [0.3, 0.4) is 0 Å². The van der Waals surface area contributed by atoms with Crippen molar-refractivity contribution in [1.82, 2.24) is 9.88 Å². The number of nitrogens with one attached hydrogen (secondary N) is 1. The molecule has 0 atom stereocenters. The summed E-state index contributed by atoms with van der Waals surface area (Å²) in [6, 6.07) is 11.8. The number of benzene rings is 1. The van der Waals surface area contributed by atoms with Gasteiger partial charge < -0.3 is 15.1 Å². The molecule has 0 aliphatic carbocycles. The molecule has 0 spiro atoms. The predicted molar refractivity (Wildman–Crippen MR) is 116 cm³/mol. The number of rotatable bonds is 5. The summed E-state index contributed by atoms with van der Waals surface area (Å²) in [5.41, 5.74) is 1.76. The van der Waals surface area contributed by atoms with Crippen molar-refractivity contribution >= 4 is 23.3 Å². The van der Waals surface area contributed by atoms with E-state index in [1.54, 1.807) is 24.9 Å². The van der Waals surface area contributed by atoms with E-state index in [2.05, 4.69) is 22.1 Å². The standard InChI is InChI=1S/C23H30N4O2/c1-5-18-10-8-9-17(2)20(18)25-21(28)23(3,4)22(29)27-15-13-26(14-16-27)19-11-6-7-12-24-19/h6-12H,5,13-16H2,1-4H3,(H,25,28). The molecule has 1 aromatic heterocycles. The molecule has 0 saturated carbocycles. The van der Waals surface area contributed by atoms with E-state index in [-0.39, 0.29) is 11.8 Å². The average molecular weight is 395 g/mol. The van der Waals surface area contributed by atoms with E-state index in [9.17, 15) is 9.59 Å². The van der Waals surface area contributed by atoms with Gasteiger partial charge in [-0.1, -0.05) is 31.2 Å². The Morgan fingerprint density at radius 1 is 1.07 bits per heavy atom. The largest absolute Gasteiger partial charge is 0.353 e. The number of carbonyl (C=O) groups is 2. The highest BCUT2D eigenvalue weighted by Crippen LogP contribution is 2.27. The number of amides is 2. The molecule has 0 bridgehead atoms. The Labute approximate surface area is 172 Å². The molecule has 1 aromatic carbocycles. The molecular formula is C23H30N4O2. The van der Waals surface area contributed by atoms with Crippen molar-refractivity contribution in [2.24, 2.45) is 5.41 Å². The SMILES string of the molecule is CCc1cccc(C)c1NC(=O)C(C)(C)C(=O)N1CCN(c2ccccn2)CC1. The normalized spacial score (nSPS) is 14.6. The fourth-order valence-corrected chi connectivity index (χ4v) is 3.64. The minimum absolute atomic E-state index is 0.137. The van der Waals surface area contributed by atoms with E-state index < -0.39 is 5.41 Å². The number of nitrogens with zero attached hydrogens (tertiary/aromatic N) is 3. The Hall–Kier alpha value is -2.89. The van der Waals surface area contributed by atoms with Gasteiger partial charge in [0.25, 0.3) is 0 Å². The molecule has 6 nitrogen and oxygen atoms in total. The predicted octanol–water partition coefficient (Wildman–Crippen LogP) is 3.27. The van der Waals surface area contributed by atoms with E-state index in [4.69, 9.17) is 0 Å². The first-order chi connectivity index (χ1) is 13.8. The van der Waals surface area contributed by atoms with Crippen LogP contribution in [0.4, 0.5) is 11.5 Å². The summed E-state index contributed by atoms with van der Waals surface area (Å²) in [6.07, 6.45) is 2.59. The molecule has 1 aliphatic rings. The molecule has 1 saturated heterocycles. The maximum atomic E-state index is 13.2. The Morgan fingerprint density at radius 2 is 1.79 bits per heavy atom. The molecule has 3 rings (SSSR count). The minimum Gasteiger partial charge on any atom is -0.353 e. The number of hydrogen-bond donors (Lipinski definition) is 1. The van der Waals surface area contributed by atoms with Crippen molar-refractivity contribution in [3.8, 4) is 0 Å². The van der Waals surface area contributed by atoms with E-state index in [1.807, 2.05) is 43.3 Å². The topological polar surface area (TPSA) is 65.5 Å². The average Bonchev–Trinajstić information content (AvgIpc) is 2.75. The Morgan fingerprint density at radius 3 is 2.41 bits per heavy atom. The molecule has 1 N–H and O–H groups in total. The van der Waals surface area contributed by atoms with Gasteiger partial charge in [0.2, 0.25) is 11.8 Å². The fraction of sp³-hybridized carbons (Fsp3) is 0.435. The first-order valence-electron chi connectivity index (χ1n) is 10.2. The quantitative estimate of drug-likeness (QED) is 0.791. The lowest BCUT2D eigenvalue weighted by Crippen LogP contribution is -2.54. The molecule has 29 heavy (non-hydrogen) atoms. The van der Waals surface area contributed by atoms with Crippen molar-refractivity contribution in [3.63, 3.8) is 0 Å². The third kappa shape index (κ3) is 4.42. The fourth-order valence-electron chi connectivity index (χ4n) is 3.64. The number of para-hydroxylation sites is 1. The van der Waals surface area contributed by atoms with Gasteiger partial charge in [-0.2, -0.15) is 0 Å². The zero-order valence-corrected chi connectivity index (χ0v) is 17.7. The van der Waals surface area contributed by atoms with Crippen molar-refractivity contribution in [2.45, 2.75) is 34.1 Å². The van der Waals surface area contributed by atoms with E-state index in [1.165, 1.54) is 0 Å². The van der Waals surface area contributed by atoms with Crippen molar-refractivity contribution < 1.29 is 9.59 Å². The van der Waals surface area contributed by atoms with Crippen molar-refractivity contribution in [2.75, 3.05) is 36.4 Å². The van der Waals surface area contributed by atoms with Crippen LogP contribution >= 0.6 is 0 Å². The van der Waals surface area contributed by atoms with Gasteiger partial charge >= 0.3 is 0 Å².